The van der Waals surface area contributed by atoms with Crippen LogP contribution in [-0.2, 0) is 5.91 Å². The Kier molecular flexibility index (Phi) is 4.28. The molecule has 40 heavy (non-hydrogen) atoms. The highest BCUT2D eigenvalue weighted by atomic mass is 15.7. The van der Waals surface area contributed by atoms with Gasteiger partial charge in [-0.05, 0) is 55.0 Å². The van der Waals surface area contributed by atoms with Gasteiger partial charge < -0.3 is 0 Å². The summed E-state index contributed by atoms with van der Waals surface area (Å²) in [5.74, 6) is -0.785. The molecule has 1 aromatic heterocycles. The van der Waals surface area contributed by atoms with Gasteiger partial charge in [-0.2, -0.15) is 0 Å². The average molecular weight is 515 g/mol. The number of nitrogens with zero attached hydrogens (tertiary/aromatic N) is 4. The summed E-state index contributed by atoms with van der Waals surface area (Å²) in [6.45, 7) is 0. The van der Waals surface area contributed by atoms with E-state index in [4.69, 9.17) is 0 Å². The maximum absolute atomic E-state index is 2.58. The van der Waals surface area contributed by atoms with E-state index >= 15 is 0 Å². The molecule has 4 heteroatoms. The molecule has 1 saturated heterocycles. The van der Waals surface area contributed by atoms with E-state index in [-0.39, 0.29) is 0 Å². The predicted octanol–water partition coefficient (Wildman–Crippen LogP) is 8.71. The normalized spacial score (nSPS) is 16.8. The second-order valence-corrected chi connectivity index (χ2v) is 10.6. The van der Waals surface area contributed by atoms with Crippen molar-refractivity contribution in [3.63, 3.8) is 0 Å². The van der Waals surface area contributed by atoms with Crippen molar-refractivity contribution in [2.24, 2.45) is 0 Å². The van der Waals surface area contributed by atoms with Crippen LogP contribution in [0.1, 0.15) is 6.42 Å². The summed E-state index contributed by atoms with van der Waals surface area (Å²) in [7, 11) is 0. The Morgan fingerprint density at radius 2 is 0.950 bits per heavy atom. The van der Waals surface area contributed by atoms with Crippen molar-refractivity contribution in [2.45, 2.75) is 12.3 Å². The van der Waals surface area contributed by atoms with Gasteiger partial charge in [0.25, 0.3) is 5.91 Å². The monoisotopic (exact) mass is 514 g/mol. The lowest BCUT2D eigenvalue weighted by Crippen LogP contribution is -2.63. The van der Waals surface area contributed by atoms with E-state index in [2.05, 4.69) is 165 Å². The summed E-state index contributed by atoms with van der Waals surface area (Å²) in [4.78, 5) is 7.65. The highest BCUT2D eigenvalue weighted by molar-refractivity contribution is 6.15. The van der Waals surface area contributed by atoms with Crippen LogP contribution < -0.4 is 14.7 Å². The van der Waals surface area contributed by atoms with Crippen molar-refractivity contribution in [1.82, 2.24) is 4.57 Å². The zero-order valence-electron chi connectivity index (χ0n) is 21.9. The molecule has 0 radical (unpaired) electrons. The highest BCUT2D eigenvalue weighted by Crippen LogP contribution is 2.61. The van der Waals surface area contributed by atoms with Crippen LogP contribution in [0.2, 0.25) is 0 Å². The third kappa shape index (κ3) is 2.56. The van der Waals surface area contributed by atoms with Gasteiger partial charge in [-0.3, -0.25) is 19.3 Å². The fraction of sp³-hybridized carbons (Fsp3) is 0.0556. The molecule has 3 heterocycles. The first kappa shape index (κ1) is 21.7. The summed E-state index contributed by atoms with van der Waals surface area (Å²) in [5.41, 5.74) is 9.57. The maximum atomic E-state index is 2.58. The number of hydrogen-bond acceptors (Lipinski definition) is 3. The third-order valence-corrected chi connectivity index (χ3v) is 8.52. The van der Waals surface area contributed by atoms with Crippen LogP contribution in [-0.4, -0.2) is 4.57 Å². The SMILES string of the molecule is C1=C2C(=CC1)N(c1ccccc1)C1(N2c2ccccc2)N(c2ccccc2)c2cccc3c4ccccc4n1c23. The van der Waals surface area contributed by atoms with Crippen molar-refractivity contribution in [1.29, 1.82) is 0 Å². The molecule has 1 aliphatic carbocycles. The molecule has 0 bridgehead atoms. The second-order valence-electron chi connectivity index (χ2n) is 10.6. The summed E-state index contributed by atoms with van der Waals surface area (Å²) >= 11 is 0. The fourth-order valence-electron chi connectivity index (χ4n) is 7.15. The van der Waals surface area contributed by atoms with Crippen LogP contribution >= 0.6 is 0 Å². The zero-order chi connectivity index (χ0) is 26.3. The maximum Gasteiger partial charge on any atom is 0.295 e. The Hall–Kier alpha value is -5.22. The minimum absolute atomic E-state index is 0.785. The third-order valence-electron chi connectivity index (χ3n) is 8.52. The first-order valence-electron chi connectivity index (χ1n) is 13.9. The van der Waals surface area contributed by atoms with Gasteiger partial charge in [-0.15, -0.1) is 0 Å². The second kappa shape index (κ2) is 7.90. The predicted molar refractivity (Wildman–Crippen MR) is 165 cm³/mol. The summed E-state index contributed by atoms with van der Waals surface area (Å²) < 4.78 is 2.58. The standard InChI is InChI=1S/C36H26N4/c1-4-14-26(15-5-1)37-32-23-13-24-33(32)38(27-16-6-2-7-17-27)36(37)39(28-18-8-3-9-19-28)34-25-12-21-30-29-20-10-11-22-31(29)40(36)35(30)34/h1-12,14-25H,13H2. The molecule has 6 aromatic rings. The van der Waals surface area contributed by atoms with Crippen LogP contribution in [0.4, 0.5) is 22.7 Å². The van der Waals surface area contributed by atoms with Crippen molar-refractivity contribution in [2.75, 3.05) is 14.7 Å². The molecular formula is C36H26N4. The number of anilines is 4. The Morgan fingerprint density at radius 3 is 1.55 bits per heavy atom. The summed E-state index contributed by atoms with van der Waals surface area (Å²) in [6, 6.07) is 48.2. The molecule has 190 valence electrons. The molecule has 0 saturated carbocycles. The van der Waals surface area contributed by atoms with Crippen LogP contribution in [0.15, 0.2) is 157 Å². The minimum atomic E-state index is -0.785. The first-order chi connectivity index (χ1) is 19.9. The number of para-hydroxylation sites is 5. The van der Waals surface area contributed by atoms with Crippen molar-refractivity contribution in [3.05, 3.63) is 157 Å². The topological polar surface area (TPSA) is 14.7 Å². The number of aromatic nitrogens is 1. The van der Waals surface area contributed by atoms with Crippen LogP contribution in [0.5, 0.6) is 0 Å². The molecule has 0 N–H and O–H groups in total. The number of fused-ring (bicyclic) bond motifs is 5. The smallest absolute Gasteiger partial charge is 0.280 e. The molecule has 5 aromatic carbocycles. The zero-order valence-corrected chi connectivity index (χ0v) is 21.9. The lowest BCUT2D eigenvalue weighted by atomic mass is 10.1. The number of hydrogen-bond donors (Lipinski definition) is 0. The van der Waals surface area contributed by atoms with E-state index in [1.54, 1.807) is 0 Å². The van der Waals surface area contributed by atoms with Gasteiger partial charge in [0, 0.05) is 27.8 Å². The fourth-order valence-corrected chi connectivity index (χ4v) is 7.15. The van der Waals surface area contributed by atoms with Crippen molar-refractivity contribution in [3.8, 4) is 0 Å². The van der Waals surface area contributed by atoms with E-state index in [0.29, 0.717) is 0 Å². The number of benzene rings is 5. The van der Waals surface area contributed by atoms with Crippen LogP contribution in [0.25, 0.3) is 21.8 Å². The molecule has 0 unspecified atom stereocenters. The minimum Gasteiger partial charge on any atom is -0.280 e. The molecule has 1 fully saturated rings. The molecule has 1 spiro atoms. The molecule has 2 aliphatic heterocycles. The van der Waals surface area contributed by atoms with Gasteiger partial charge in [-0.1, -0.05) is 97.1 Å². The average Bonchev–Trinajstić information content (AvgIpc) is 3.75. The van der Waals surface area contributed by atoms with E-state index < -0.39 is 5.91 Å². The summed E-state index contributed by atoms with van der Waals surface area (Å²) in [6.07, 6.45) is 5.66. The van der Waals surface area contributed by atoms with Crippen LogP contribution in [0.3, 0.4) is 0 Å². The van der Waals surface area contributed by atoms with Crippen molar-refractivity contribution < 1.29 is 0 Å². The lowest BCUT2D eigenvalue weighted by molar-refractivity contribution is 0.352. The van der Waals surface area contributed by atoms with E-state index in [0.717, 1.165) is 23.5 Å². The number of rotatable bonds is 3. The quantitative estimate of drug-likeness (QED) is 0.235. The van der Waals surface area contributed by atoms with Gasteiger partial charge in [0.05, 0.1) is 28.1 Å². The Labute approximate surface area is 232 Å². The lowest BCUT2D eigenvalue weighted by Gasteiger charge is -2.49. The van der Waals surface area contributed by atoms with Gasteiger partial charge in [0.15, 0.2) is 0 Å². The Balaban J connectivity index is 1.52. The van der Waals surface area contributed by atoms with E-state index in [1.807, 2.05) is 0 Å². The first-order valence-corrected chi connectivity index (χ1v) is 13.9. The van der Waals surface area contributed by atoms with E-state index in [9.17, 15) is 0 Å². The van der Waals surface area contributed by atoms with Gasteiger partial charge in [-0.25, -0.2) is 0 Å². The Bertz CT molecular complexity index is 1930. The largest absolute Gasteiger partial charge is 0.295 e. The molecule has 9 rings (SSSR count). The van der Waals surface area contributed by atoms with Gasteiger partial charge >= 0.3 is 0 Å². The molecule has 0 atom stereocenters. The molecule has 4 nitrogen and oxygen atoms in total. The van der Waals surface area contributed by atoms with Gasteiger partial charge in [0.1, 0.15) is 0 Å². The van der Waals surface area contributed by atoms with E-state index in [1.165, 1.54) is 38.9 Å². The summed E-state index contributed by atoms with van der Waals surface area (Å²) in [5, 5.41) is 2.54. The Morgan fingerprint density at radius 1 is 0.450 bits per heavy atom. The molecule has 3 aliphatic rings. The van der Waals surface area contributed by atoms with Crippen molar-refractivity contribution >= 4 is 44.6 Å². The highest BCUT2D eigenvalue weighted by Gasteiger charge is 2.63. The van der Waals surface area contributed by atoms with Gasteiger partial charge in [0.2, 0.25) is 0 Å². The molecule has 0 amide bonds. The number of allylic oxidation sites excluding steroid dienone is 2. The molecular weight excluding hydrogens is 488 g/mol. The van der Waals surface area contributed by atoms with Crippen LogP contribution in [0, 0.1) is 0 Å².